The van der Waals surface area contributed by atoms with Crippen molar-refractivity contribution in [2.45, 2.75) is 19.1 Å². The third-order valence-corrected chi connectivity index (χ3v) is 4.23. The molecule has 0 amide bonds. The number of nitrogens with one attached hydrogen (secondary N) is 1. The molecule has 0 aliphatic carbocycles. The highest BCUT2D eigenvalue weighted by molar-refractivity contribution is 7.93. The van der Waals surface area contributed by atoms with Crippen LogP contribution < -0.4 is 15.2 Å². The fraction of sp³-hybridized carbons (Fsp3) is 0.455. The van der Waals surface area contributed by atoms with Crippen molar-refractivity contribution in [3.63, 3.8) is 0 Å². The Kier molecular flexibility index (Phi) is 4.36. The minimum Gasteiger partial charge on any atom is -0.495 e. The van der Waals surface area contributed by atoms with E-state index in [0.29, 0.717) is 11.4 Å². The topological polar surface area (TPSA) is 81.4 Å². The van der Waals surface area contributed by atoms with Gasteiger partial charge in [0.25, 0.3) is 0 Å². The molecule has 5 nitrogen and oxygen atoms in total. The van der Waals surface area contributed by atoms with Crippen molar-refractivity contribution in [1.82, 2.24) is 0 Å². The molecule has 3 N–H and O–H groups in total. The van der Waals surface area contributed by atoms with Crippen molar-refractivity contribution in [2.24, 2.45) is 5.73 Å². The Hall–Kier alpha value is -1.27. The lowest BCUT2D eigenvalue weighted by Gasteiger charge is -2.15. The summed E-state index contributed by atoms with van der Waals surface area (Å²) in [7, 11) is -1.97. The molecule has 0 spiro atoms. The molecule has 96 valence electrons. The highest BCUT2D eigenvalue weighted by atomic mass is 32.2. The standard InChI is InChI=1S/C11H18N2O3S/c1-8-4-5-11(16-3)10(6-8)13-17(14,15)9(2)7-12/h4-6,9,13H,7,12H2,1-3H3. The van der Waals surface area contributed by atoms with Crippen LogP contribution in [0.2, 0.25) is 0 Å². The number of anilines is 1. The van der Waals surface area contributed by atoms with E-state index in [2.05, 4.69) is 4.72 Å². The first kappa shape index (κ1) is 13.8. The molecule has 6 heteroatoms. The lowest BCUT2D eigenvalue weighted by Crippen LogP contribution is -2.31. The van der Waals surface area contributed by atoms with Crippen LogP contribution in [0.5, 0.6) is 5.75 Å². The smallest absolute Gasteiger partial charge is 0.236 e. The lowest BCUT2D eigenvalue weighted by atomic mass is 10.2. The highest BCUT2D eigenvalue weighted by Crippen LogP contribution is 2.26. The first-order chi connectivity index (χ1) is 7.90. The zero-order valence-corrected chi connectivity index (χ0v) is 11.0. The van der Waals surface area contributed by atoms with Crippen LogP contribution in [0.4, 0.5) is 5.69 Å². The molecule has 0 aromatic heterocycles. The molecular formula is C11H18N2O3S. The van der Waals surface area contributed by atoms with Gasteiger partial charge in [-0.3, -0.25) is 4.72 Å². The number of sulfonamides is 1. The van der Waals surface area contributed by atoms with Gasteiger partial charge in [-0.25, -0.2) is 8.42 Å². The van der Waals surface area contributed by atoms with E-state index in [1.165, 1.54) is 7.11 Å². The Morgan fingerprint density at radius 2 is 2.12 bits per heavy atom. The minimum atomic E-state index is -3.47. The third kappa shape index (κ3) is 3.34. The number of nitrogens with two attached hydrogens (primary N) is 1. The number of hydrogen-bond acceptors (Lipinski definition) is 4. The number of aryl methyl sites for hydroxylation is 1. The number of rotatable bonds is 5. The fourth-order valence-electron chi connectivity index (χ4n) is 1.28. The van der Waals surface area contributed by atoms with Crippen molar-refractivity contribution in [2.75, 3.05) is 18.4 Å². The van der Waals surface area contributed by atoms with Gasteiger partial charge in [0.1, 0.15) is 5.75 Å². The van der Waals surface area contributed by atoms with Gasteiger partial charge in [-0.1, -0.05) is 6.07 Å². The summed E-state index contributed by atoms with van der Waals surface area (Å²) in [5.74, 6) is 0.489. The molecule has 0 radical (unpaired) electrons. The molecule has 0 saturated heterocycles. The van der Waals surface area contributed by atoms with Crippen molar-refractivity contribution in [1.29, 1.82) is 0 Å². The van der Waals surface area contributed by atoms with E-state index in [1.807, 2.05) is 13.0 Å². The molecule has 1 aromatic carbocycles. The monoisotopic (exact) mass is 258 g/mol. The number of hydrogen-bond donors (Lipinski definition) is 2. The first-order valence-electron chi connectivity index (χ1n) is 5.27. The van der Waals surface area contributed by atoms with Gasteiger partial charge in [-0.05, 0) is 31.5 Å². The summed E-state index contributed by atoms with van der Waals surface area (Å²) >= 11 is 0. The zero-order chi connectivity index (χ0) is 13.1. The summed E-state index contributed by atoms with van der Waals surface area (Å²) in [6.07, 6.45) is 0. The summed E-state index contributed by atoms with van der Waals surface area (Å²) in [5, 5.41) is -0.646. The van der Waals surface area contributed by atoms with Crippen molar-refractivity contribution in [3.05, 3.63) is 23.8 Å². The van der Waals surface area contributed by atoms with Gasteiger partial charge in [-0.2, -0.15) is 0 Å². The Morgan fingerprint density at radius 3 is 2.65 bits per heavy atom. The molecular weight excluding hydrogens is 240 g/mol. The molecule has 0 aliphatic heterocycles. The maximum Gasteiger partial charge on any atom is 0.236 e. The average Bonchev–Trinajstić information content (AvgIpc) is 2.27. The van der Waals surface area contributed by atoms with E-state index < -0.39 is 15.3 Å². The molecule has 0 fully saturated rings. The van der Waals surface area contributed by atoms with Crippen LogP contribution in [-0.4, -0.2) is 27.3 Å². The van der Waals surface area contributed by atoms with Crippen LogP contribution in [0, 0.1) is 6.92 Å². The summed E-state index contributed by atoms with van der Waals surface area (Å²) in [6, 6.07) is 5.29. The molecule has 17 heavy (non-hydrogen) atoms. The largest absolute Gasteiger partial charge is 0.495 e. The Bertz CT molecular complexity index is 485. The molecule has 0 heterocycles. The third-order valence-electron chi connectivity index (χ3n) is 2.47. The average molecular weight is 258 g/mol. The number of ether oxygens (including phenoxy) is 1. The van der Waals surface area contributed by atoms with E-state index in [1.54, 1.807) is 19.1 Å². The minimum absolute atomic E-state index is 0.0729. The first-order valence-corrected chi connectivity index (χ1v) is 6.81. The SMILES string of the molecule is COc1ccc(C)cc1NS(=O)(=O)C(C)CN. The van der Waals surface area contributed by atoms with E-state index >= 15 is 0 Å². The van der Waals surface area contributed by atoms with Crippen molar-refractivity contribution in [3.8, 4) is 5.75 Å². The van der Waals surface area contributed by atoms with E-state index in [9.17, 15) is 8.42 Å². The van der Waals surface area contributed by atoms with Gasteiger partial charge in [0.2, 0.25) is 10.0 Å². The molecule has 1 rings (SSSR count). The number of benzene rings is 1. The summed E-state index contributed by atoms with van der Waals surface area (Å²) in [4.78, 5) is 0. The summed E-state index contributed by atoms with van der Waals surface area (Å²) in [5.41, 5.74) is 6.75. The maximum atomic E-state index is 11.9. The molecule has 0 aliphatic rings. The van der Waals surface area contributed by atoms with Gasteiger partial charge < -0.3 is 10.5 Å². The van der Waals surface area contributed by atoms with Crippen LogP contribution in [-0.2, 0) is 10.0 Å². The van der Waals surface area contributed by atoms with E-state index in [4.69, 9.17) is 10.5 Å². The molecule has 1 aromatic rings. The lowest BCUT2D eigenvalue weighted by molar-refractivity contribution is 0.416. The Morgan fingerprint density at radius 1 is 1.47 bits per heavy atom. The predicted octanol–water partition coefficient (Wildman–Crippen LogP) is 1.09. The molecule has 1 atom stereocenters. The number of methoxy groups -OCH3 is 1. The van der Waals surface area contributed by atoms with Crippen LogP contribution >= 0.6 is 0 Å². The van der Waals surface area contributed by atoms with Gasteiger partial charge in [0.05, 0.1) is 18.0 Å². The quantitative estimate of drug-likeness (QED) is 0.828. The van der Waals surface area contributed by atoms with Crippen LogP contribution in [0.1, 0.15) is 12.5 Å². The fourth-order valence-corrected chi connectivity index (χ4v) is 2.20. The second-order valence-corrected chi connectivity index (χ2v) is 6.00. The zero-order valence-electron chi connectivity index (χ0n) is 10.2. The van der Waals surface area contributed by atoms with Gasteiger partial charge in [-0.15, -0.1) is 0 Å². The normalized spacial score (nSPS) is 13.2. The maximum absolute atomic E-state index is 11.9. The second kappa shape index (κ2) is 5.37. The molecule has 0 bridgehead atoms. The Balaban J connectivity index is 3.06. The van der Waals surface area contributed by atoms with E-state index in [-0.39, 0.29) is 6.54 Å². The van der Waals surface area contributed by atoms with Crippen molar-refractivity contribution >= 4 is 15.7 Å². The van der Waals surface area contributed by atoms with Crippen LogP contribution in [0.15, 0.2) is 18.2 Å². The van der Waals surface area contributed by atoms with Gasteiger partial charge in [0.15, 0.2) is 0 Å². The predicted molar refractivity (Wildman–Crippen MR) is 68.8 cm³/mol. The molecule has 1 unspecified atom stereocenters. The van der Waals surface area contributed by atoms with E-state index in [0.717, 1.165) is 5.56 Å². The Labute approximate surface area is 102 Å². The van der Waals surface area contributed by atoms with Crippen LogP contribution in [0.3, 0.4) is 0 Å². The highest BCUT2D eigenvalue weighted by Gasteiger charge is 2.20. The van der Waals surface area contributed by atoms with Gasteiger partial charge in [0, 0.05) is 6.54 Å². The van der Waals surface area contributed by atoms with Crippen molar-refractivity contribution < 1.29 is 13.2 Å². The summed E-state index contributed by atoms with van der Waals surface area (Å²) in [6.45, 7) is 3.51. The molecule has 0 saturated carbocycles. The second-order valence-electron chi connectivity index (χ2n) is 3.90. The summed E-state index contributed by atoms with van der Waals surface area (Å²) < 4.78 is 31.3. The van der Waals surface area contributed by atoms with Gasteiger partial charge >= 0.3 is 0 Å². The van der Waals surface area contributed by atoms with Crippen LogP contribution in [0.25, 0.3) is 0 Å².